The SMILES string of the molecule is C/C=C\C=C(/S)S(=O)(=O)N(C)c1c(C)sc2cc(C(=O)NNC(=O)C(=O)OCC)[nH]c12. The predicted molar refractivity (Wildman–Crippen MR) is 122 cm³/mol. The highest BCUT2D eigenvalue weighted by molar-refractivity contribution is 8.11. The molecule has 0 spiro atoms. The molecule has 0 aliphatic rings. The van der Waals surface area contributed by atoms with E-state index < -0.39 is 27.8 Å². The number of rotatable bonds is 6. The van der Waals surface area contributed by atoms with Crippen molar-refractivity contribution >= 4 is 67.7 Å². The van der Waals surface area contributed by atoms with Crippen molar-refractivity contribution in [3.63, 3.8) is 0 Å². The summed E-state index contributed by atoms with van der Waals surface area (Å²) in [5.74, 6) is -2.98. The number of ether oxygens (including phenoxy) is 1. The van der Waals surface area contributed by atoms with Gasteiger partial charge >= 0.3 is 11.9 Å². The number of hydrogen-bond acceptors (Lipinski definition) is 8. The van der Waals surface area contributed by atoms with Gasteiger partial charge in [0.05, 0.1) is 22.5 Å². The summed E-state index contributed by atoms with van der Waals surface area (Å²) >= 11 is 5.38. The zero-order valence-electron chi connectivity index (χ0n) is 17.2. The van der Waals surface area contributed by atoms with Gasteiger partial charge in [-0.1, -0.05) is 12.2 Å². The summed E-state index contributed by atoms with van der Waals surface area (Å²) in [6.07, 6.45) is 4.61. The number of thiophene rings is 1. The van der Waals surface area contributed by atoms with Gasteiger partial charge in [-0.3, -0.25) is 24.7 Å². The van der Waals surface area contributed by atoms with Crippen LogP contribution in [0.25, 0.3) is 10.2 Å². The van der Waals surface area contributed by atoms with Crippen molar-refractivity contribution in [3.8, 4) is 0 Å². The highest BCUT2D eigenvalue weighted by atomic mass is 32.3. The molecule has 2 heterocycles. The lowest BCUT2D eigenvalue weighted by Gasteiger charge is -2.19. The standard InChI is InChI=1S/C18H22N4O6S3/c1-5-7-8-13(29)31(26,27)22(4)15-10(3)30-12-9-11(19-14(12)15)16(23)20-21-17(24)18(25)28-6-2/h5,7-9,19,29H,6H2,1-4H3,(H,20,23)(H,21,24)/b7-5-,13-8+. The van der Waals surface area contributed by atoms with Crippen LogP contribution < -0.4 is 15.2 Å². The first-order chi connectivity index (χ1) is 14.5. The van der Waals surface area contributed by atoms with Gasteiger partial charge in [0.25, 0.3) is 15.9 Å². The first-order valence-electron chi connectivity index (χ1n) is 8.95. The summed E-state index contributed by atoms with van der Waals surface area (Å²) in [5, 5.41) is 0. The summed E-state index contributed by atoms with van der Waals surface area (Å²) in [4.78, 5) is 38.7. The lowest BCUT2D eigenvalue weighted by atomic mass is 10.3. The molecule has 2 amide bonds. The minimum absolute atomic E-state index is 0.0174. The average Bonchev–Trinajstić information content (AvgIpc) is 3.25. The lowest BCUT2D eigenvalue weighted by Crippen LogP contribution is -2.45. The monoisotopic (exact) mass is 486 g/mol. The number of H-pyrrole nitrogens is 1. The molecule has 2 rings (SSSR count). The van der Waals surface area contributed by atoms with Gasteiger partial charge in [0, 0.05) is 11.9 Å². The van der Waals surface area contributed by atoms with Gasteiger partial charge in [-0.15, -0.1) is 24.0 Å². The Bertz CT molecular complexity index is 1180. The third-order valence-corrected chi connectivity index (χ3v) is 7.43. The second-order valence-electron chi connectivity index (χ2n) is 6.06. The summed E-state index contributed by atoms with van der Waals surface area (Å²) < 4.78 is 31.8. The fourth-order valence-electron chi connectivity index (χ4n) is 2.54. The maximum Gasteiger partial charge on any atom is 0.398 e. The Morgan fingerprint density at radius 2 is 2.00 bits per heavy atom. The number of anilines is 1. The van der Waals surface area contributed by atoms with Crippen molar-refractivity contribution in [2.75, 3.05) is 18.0 Å². The first kappa shape index (κ1) is 24.5. The Hall–Kier alpha value is -2.77. The zero-order chi connectivity index (χ0) is 23.3. The molecular weight excluding hydrogens is 464 g/mol. The van der Waals surface area contributed by atoms with Crippen LogP contribution in [0, 0.1) is 6.92 Å². The number of carbonyl (C=O) groups excluding carboxylic acids is 3. The average molecular weight is 487 g/mol. The molecule has 0 aliphatic heterocycles. The van der Waals surface area contributed by atoms with Crippen LogP contribution in [-0.4, -0.2) is 44.8 Å². The molecule has 0 atom stereocenters. The molecule has 0 radical (unpaired) electrons. The second-order valence-corrected chi connectivity index (χ2v) is 10.0. The van der Waals surface area contributed by atoms with Crippen molar-refractivity contribution in [2.24, 2.45) is 0 Å². The Kier molecular flexibility index (Phi) is 7.92. The van der Waals surface area contributed by atoms with Crippen LogP contribution in [0.3, 0.4) is 0 Å². The van der Waals surface area contributed by atoms with Crippen LogP contribution >= 0.6 is 24.0 Å². The van der Waals surface area contributed by atoms with E-state index in [0.29, 0.717) is 20.8 Å². The van der Waals surface area contributed by atoms with Crippen LogP contribution in [0.5, 0.6) is 0 Å². The van der Waals surface area contributed by atoms with E-state index in [1.807, 2.05) is 5.43 Å². The Balaban J connectivity index is 2.30. The zero-order valence-corrected chi connectivity index (χ0v) is 19.7. The first-order valence-corrected chi connectivity index (χ1v) is 11.6. The fraction of sp³-hybridized carbons (Fsp3) is 0.278. The third kappa shape index (κ3) is 5.29. The third-order valence-electron chi connectivity index (χ3n) is 3.98. The molecule has 168 valence electrons. The van der Waals surface area contributed by atoms with Crippen LogP contribution in [0.2, 0.25) is 0 Å². The van der Waals surface area contributed by atoms with E-state index in [-0.39, 0.29) is 16.5 Å². The quantitative estimate of drug-likeness (QED) is 0.162. The number of allylic oxidation sites excluding steroid dienone is 3. The van der Waals surface area contributed by atoms with Crippen molar-refractivity contribution in [1.29, 1.82) is 0 Å². The Labute approximate surface area is 188 Å². The highest BCUT2D eigenvalue weighted by Gasteiger charge is 2.27. The number of sulfonamides is 1. The second kappa shape index (κ2) is 10.0. The van der Waals surface area contributed by atoms with Gasteiger partial charge in [-0.2, -0.15) is 0 Å². The molecule has 0 aromatic carbocycles. The number of aromatic amines is 1. The maximum atomic E-state index is 12.8. The van der Waals surface area contributed by atoms with E-state index in [9.17, 15) is 22.8 Å². The molecule has 0 aliphatic carbocycles. The molecule has 0 saturated carbocycles. The summed E-state index contributed by atoms with van der Waals surface area (Å²) in [6.45, 7) is 5.07. The van der Waals surface area contributed by atoms with Gasteiger partial charge in [-0.25, -0.2) is 13.2 Å². The minimum atomic E-state index is -3.91. The van der Waals surface area contributed by atoms with E-state index in [1.54, 1.807) is 32.9 Å². The van der Waals surface area contributed by atoms with Crippen LogP contribution in [0.4, 0.5) is 5.69 Å². The number of esters is 1. The Morgan fingerprint density at radius 1 is 1.32 bits per heavy atom. The van der Waals surface area contributed by atoms with Gasteiger partial charge in [0.1, 0.15) is 9.93 Å². The van der Waals surface area contributed by atoms with E-state index >= 15 is 0 Å². The Morgan fingerprint density at radius 3 is 2.61 bits per heavy atom. The number of nitrogens with zero attached hydrogens (tertiary/aromatic N) is 1. The van der Waals surface area contributed by atoms with E-state index in [0.717, 1.165) is 4.31 Å². The number of aromatic nitrogens is 1. The van der Waals surface area contributed by atoms with E-state index in [1.165, 1.54) is 30.5 Å². The maximum absolute atomic E-state index is 12.8. The number of carbonyl (C=O) groups is 3. The number of nitrogens with one attached hydrogen (secondary N) is 3. The van der Waals surface area contributed by atoms with Crippen molar-refractivity contribution in [3.05, 3.63) is 39.1 Å². The van der Waals surface area contributed by atoms with Crippen molar-refractivity contribution in [1.82, 2.24) is 15.8 Å². The van der Waals surface area contributed by atoms with Crippen molar-refractivity contribution in [2.45, 2.75) is 20.8 Å². The van der Waals surface area contributed by atoms with Crippen molar-refractivity contribution < 1.29 is 27.5 Å². The number of fused-ring (bicyclic) bond motifs is 1. The summed E-state index contributed by atoms with van der Waals surface area (Å²) in [7, 11) is -2.52. The number of hydrogen-bond donors (Lipinski definition) is 4. The minimum Gasteiger partial charge on any atom is -0.459 e. The molecule has 0 fully saturated rings. The lowest BCUT2D eigenvalue weighted by molar-refractivity contribution is -0.154. The normalized spacial score (nSPS) is 12.2. The fourth-order valence-corrected chi connectivity index (χ4v) is 5.14. The molecule has 0 saturated heterocycles. The summed E-state index contributed by atoms with van der Waals surface area (Å²) in [6, 6.07) is 1.51. The van der Waals surface area contributed by atoms with Crippen LogP contribution in [-0.2, 0) is 24.3 Å². The molecule has 2 aromatic heterocycles. The number of aryl methyl sites for hydroxylation is 1. The number of thiol groups is 1. The number of amides is 2. The van der Waals surface area contributed by atoms with Gasteiger partial charge in [0.2, 0.25) is 0 Å². The van der Waals surface area contributed by atoms with Crippen LogP contribution in [0.15, 0.2) is 28.5 Å². The molecule has 13 heteroatoms. The van der Waals surface area contributed by atoms with E-state index in [4.69, 9.17) is 0 Å². The molecule has 31 heavy (non-hydrogen) atoms. The van der Waals surface area contributed by atoms with Crippen LogP contribution in [0.1, 0.15) is 29.2 Å². The molecule has 2 aromatic rings. The van der Waals surface area contributed by atoms with Gasteiger partial charge in [-0.05, 0) is 32.9 Å². The molecule has 0 unspecified atom stereocenters. The highest BCUT2D eigenvalue weighted by Crippen LogP contribution is 2.39. The molecule has 0 bridgehead atoms. The smallest absolute Gasteiger partial charge is 0.398 e. The molecular formula is C18H22N4O6S3. The largest absolute Gasteiger partial charge is 0.459 e. The number of hydrazine groups is 1. The topological polar surface area (TPSA) is 138 Å². The summed E-state index contributed by atoms with van der Waals surface area (Å²) in [5.41, 5.74) is 4.91. The van der Waals surface area contributed by atoms with Gasteiger partial charge in [0.15, 0.2) is 0 Å². The van der Waals surface area contributed by atoms with Gasteiger partial charge < -0.3 is 9.72 Å². The van der Waals surface area contributed by atoms with E-state index in [2.05, 4.69) is 27.8 Å². The molecule has 10 nitrogen and oxygen atoms in total. The molecule has 3 N–H and O–H groups in total. The predicted octanol–water partition coefficient (Wildman–Crippen LogP) is 1.98.